The molecule has 0 aliphatic rings. The highest BCUT2D eigenvalue weighted by atomic mass is 16.5. The monoisotopic (exact) mass is 464 g/mol. The molecule has 2 atom stereocenters. The largest absolute Gasteiger partial charge is 0.489 e. The number of aliphatic hydroxyl groups excluding tert-OH is 2. The zero-order valence-corrected chi connectivity index (χ0v) is 19.0. The molecule has 0 fully saturated rings. The van der Waals surface area contributed by atoms with Gasteiger partial charge >= 0.3 is 0 Å². The van der Waals surface area contributed by atoms with E-state index in [9.17, 15) is 19.8 Å². The Morgan fingerprint density at radius 2 is 1.12 bits per heavy atom. The van der Waals surface area contributed by atoms with Crippen LogP contribution in [0.3, 0.4) is 0 Å². The van der Waals surface area contributed by atoms with Crippen LogP contribution in [0, 0.1) is 0 Å². The Morgan fingerprint density at radius 1 is 0.706 bits per heavy atom. The fraction of sp³-hybridized carbons (Fsp3) is 0.231. The van der Waals surface area contributed by atoms with Crippen LogP contribution in [0.15, 0.2) is 72.8 Å². The maximum atomic E-state index is 12.8. The number of hydrogen-bond donors (Lipinski definition) is 4. The number of benzene rings is 3. The molecule has 178 valence electrons. The number of aliphatic hydroxyl groups is 2. The van der Waals surface area contributed by atoms with Crippen molar-refractivity contribution in [3.05, 3.63) is 83.9 Å². The molecule has 0 aromatic heterocycles. The van der Waals surface area contributed by atoms with Gasteiger partial charge in [0.05, 0.1) is 23.6 Å². The van der Waals surface area contributed by atoms with Crippen molar-refractivity contribution in [3.8, 4) is 11.5 Å². The number of anilines is 2. The molecule has 3 rings (SSSR count). The number of carbonyl (C=O) groups excluding carboxylic acids is 2. The first-order chi connectivity index (χ1) is 16.3. The van der Waals surface area contributed by atoms with Gasteiger partial charge in [0.2, 0.25) is 0 Å². The van der Waals surface area contributed by atoms with Crippen LogP contribution in [0.4, 0.5) is 11.4 Å². The van der Waals surface area contributed by atoms with E-state index in [0.29, 0.717) is 22.9 Å². The van der Waals surface area contributed by atoms with Gasteiger partial charge in [0.1, 0.15) is 24.7 Å². The van der Waals surface area contributed by atoms with Gasteiger partial charge in [0.25, 0.3) is 11.8 Å². The van der Waals surface area contributed by atoms with Crippen LogP contribution >= 0.6 is 0 Å². The topological polar surface area (TPSA) is 117 Å². The second-order valence-corrected chi connectivity index (χ2v) is 7.80. The highest BCUT2D eigenvalue weighted by Crippen LogP contribution is 2.26. The standard InChI is InChI=1S/C26H28N2O6/c1-17(29)15-33-23-12-5-3-10-21(23)27-25(31)19-8-7-9-20(14-19)26(32)28-22-11-4-6-13-24(22)34-16-18(2)30/h3-14,17-18,29-30H,15-16H2,1-2H3,(H,27,31)(H,28,32). The molecule has 34 heavy (non-hydrogen) atoms. The van der Waals surface area contributed by atoms with Crippen LogP contribution in [0.1, 0.15) is 34.6 Å². The predicted octanol–water partition coefficient (Wildman–Crippen LogP) is 3.71. The van der Waals surface area contributed by atoms with Gasteiger partial charge in [-0.1, -0.05) is 30.3 Å². The van der Waals surface area contributed by atoms with E-state index in [1.165, 1.54) is 6.07 Å². The lowest BCUT2D eigenvalue weighted by atomic mass is 10.1. The van der Waals surface area contributed by atoms with Crippen molar-refractivity contribution in [2.45, 2.75) is 26.1 Å². The van der Waals surface area contributed by atoms with Gasteiger partial charge in [0.15, 0.2) is 0 Å². The number of nitrogens with one attached hydrogen (secondary N) is 2. The van der Waals surface area contributed by atoms with Crippen LogP contribution in [0.25, 0.3) is 0 Å². The van der Waals surface area contributed by atoms with Crippen molar-refractivity contribution in [2.24, 2.45) is 0 Å². The Hall–Kier alpha value is -3.88. The first kappa shape index (κ1) is 24.8. The lowest BCUT2D eigenvalue weighted by molar-refractivity contribution is 0.102. The molecule has 0 spiro atoms. The number of hydrogen-bond acceptors (Lipinski definition) is 6. The number of carbonyl (C=O) groups is 2. The minimum Gasteiger partial charge on any atom is -0.489 e. The summed E-state index contributed by atoms with van der Waals surface area (Å²) in [5.74, 6) is 0.0331. The van der Waals surface area contributed by atoms with Gasteiger partial charge in [-0.15, -0.1) is 0 Å². The van der Waals surface area contributed by atoms with Crippen molar-refractivity contribution < 1.29 is 29.3 Å². The normalized spacial score (nSPS) is 12.4. The summed E-state index contributed by atoms with van der Waals surface area (Å²) in [6.07, 6.45) is -1.30. The van der Waals surface area contributed by atoms with Gasteiger partial charge in [-0.05, 0) is 56.3 Å². The molecule has 0 heterocycles. The average molecular weight is 465 g/mol. The van der Waals surface area contributed by atoms with Crippen molar-refractivity contribution in [1.29, 1.82) is 0 Å². The van der Waals surface area contributed by atoms with Crippen molar-refractivity contribution in [2.75, 3.05) is 23.8 Å². The third-order valence-electron chi connectivity index (χ3n) is 4.62. The Balaban J connectivity index is 1.72. The molecule has 0 bridgehead atoms. The summed E-state index contributed by atoms with van der Waals surface area (Å²) in [5.41, 5.74) is 1.48. The fourth-order valence-electron chi connectivity index (χ4n) is 3.00. The third kappa shape index (κ3) is 7.06. The minimum absolute atomic E-state index is 0.0882. The molecule has 2 unspecified atom stereocenters. The molecular weight excluding hydrogens is 436 g/mol. The summed E-state index contributed by atoms with van der Waals surface area (Å²) < 4.78 is 11.1. The second kappa shape index (κ2) is 11.8. The van der Waals surface area contributed by atoms with E-state index >= 15 is 0 Å². The van der Waals surface area contributed by atoms with Crippen LogP contribution in [-0.4, -0.2) is 47.4 Å². The number of rotatable bonds is 10. The zero-order chi connectivity index (χ0) is 24.5. The highest BCUT2D eigenvalue weighted by molar-refractivity contribution is 6.09. The number of para-hydroxylation sites is 4. The molecule has 8 heteroatoms. The van der Waals surface area contributed by atoms with E-state index in [4.69, 9.17) is 9.47 Å². The molecule has 3 aromatic rings. The first-order valence-electron chi connectivity index (χ1n) is 10.9. The Labute approximate surface area is 198 Å². The van der Waals surface area contributed by atoms with Crippen LogP contribution in [0.5, 0.6) is 11.5 Å². The van der Waals surface area contributed by atoms with Gasteiger partial charge in [-0.2, -0.15) is 0 Å². The molecule has 0 aliphatic heterocycles. The van der Waals surface area contributed by atoms with E-state index in [1.54, 1.807) is 80.6 Å². The molecular formula is C26H28N2O6. The zero-order valence-electron chi connectivity index (χ0n) is 19.0. The molecule has 8 nitrogen and oxygen atoms in total. The maximum absolute atomic E-state index is 12.8. The predicted molar refractivity (Wildman–Crippen MR) is 130 cm³/mol. The van der Waals surface area contributed by atoms with E-state index in [0.717, 1.165) is 0 Å². The molecule has 0 saturated carbocycles. The third-order valence-corrected chi connectivity index (χ3v) is 4.62. The van der Waals surface area contributed by atoms with Crippen molar-refractivity contribution in [1.82, 2.24) is 0 Å². The Kier molecular flexibility index (Phi) is 8.61. The summed E-state index contributed by atoms with van der Waals surface area (Å²) in [5, 5.41) is 24.5. The van der Waals surface area contributed by atoms with Crippen LogP contribution in [-0.2, 0) is 0 Å². The molecule has 0 saturated heterocycles. The summed E-state index contributed by atoms with van der Waals surface area (Å²) in [6, 6.07) is 20.1. The fourth-order valence-corrected chi connectivity index (χ4v) is 3.00. The lowest BCUT2D eigenvalue weighted by Crippen LogP contribution is -2.18. The van der Waals surface area contributed by atoms with Gasteiger partial charge in [0, 0.05) is 11.1 Å². The summed E-state index contributed by atoms with van der Waals surface area (Å²) >= 11 is 0. The molecule has 0 radical (unpaired) electrons. The smallest absolute Gasteiger partial charge is 0.255 e. The van der Waals surface area contributed by atoms with Crippen molar-refractivity contribution >= 4 is 23.2 Å². The average Bonchev–Trinajstić information content (AvgIpc) is 2.83. The quantitative estimate of drug-likeness (QED) is 0.363. The number of amides is 2. The SMILES string of the molecule is CC(O)COc1ccccc1NC(=O)c1cccc(C(=O)Nc2ccccc2OCC(C)O)c1. The molecule has 3 aromatic carbocycles. The van der Waals surface area contributed by atoms with E-state index in [1.807, 2.05) is 0 Å². The van der Waals surface area contributed by atoms with Crippen LogP contribution in [0.2, 0.25) is 0 Å². The lowest BCUT2D eigenvalue weighted by Gasteiger charge is -2.14. The maximum Gasteiger partial charge on any atom is 0.255 e. The van der Waals surface area contributed by atoms with E-state index in [-0.39, 0.29) is 24.3 Å². The van der Waals surface area contributed by atoms with Gasteiger partial charge in [-0.3, -0.25) is 9.59 Å². The van der Waals surface area contributed by atoms with E-state index in [2.05, 4.69) is 10.6 Å². The second-order valence-electron chi connectivity index (χ2n) is 7.80. The van der Waals surface area contributed by atoms with Crippen molar-refractivity contribution in [3.63, 3.8) is 0 Å². The highest BCUT2D eigenvalue weighted by Gasteiger charge is 2.15. The summed E-state index contributed by atoms with van der Waals surface area (Å²) in [4.78, 5) is 25.7. The van der Waals surface area contributed by atoms with Gasteiger partial charge < -0.3 is 30.3 Å². The first-order valence-corrected chi connectivity index (χ1v) is 10.9. The molecule has 4 N–H and O–H groups in total. The minimum atomic E-state index is -0.651. The Bertz CT molecular complexity index is 1040. The molecule has 0 aliphatic carbocycles. The summed E-state index contributed by atoms with van der Waals surface area (Å²) in [7, 11) is 0. The molecule has 2 amide bonds. The van der Waals surface area contributed by atoms with E-state index < -0.39 is 24.0 Å². The number of ether oxygens (including phenoxy) is 2. The van der Waals surface area contributed by atoms with Crippen LogP contribution < -0.4 is 20.1 Å². The van der Waals surface area contributed by atoms with Gasteiger partial charge in [-0.25, -0.2) is 0 Å². The Morgan fingerprint density at radius 3 is 1.53 bits per heavy atom. The summed E-state index contributed by atoms with van der Waals surface area (Å²) in [6.45, 7) is 3.39.